The van der Waals surface area contributed by atoms with Crippen molar-refractivity contribution in [1.29, 1.82) is 0 Å². The largest absolute Gasteiger partial charge is 0.370 e. The van der Waals surface area contributed by atoms with Gasteiger partial charge in [-0.3, -0.25) is 4.99 Å². The summed E-state index contributed by atoms with van der Waals surface area (Å²) in [5.41, 5.74) is 5.77. The van der Waals surface area contributed by atoms with Crippen LogP contribution in [0.3, 0.4) is 0 Å². The number of rotatable bonds is 3. The van der Waals surface area contributed by atoms with Crippen LogP contribution in [-0.2, 0) is 0 Å². The molecular weight excluding hydrogens is 194 g/mol. The molecule has 0 aromatic heterocycles. The molecule has 0 unspecified atom stereocenters. The van der Waals surface area contributed by atoms with Crippen LogP contribution in [0.2, 0.25) is 0 Å². The fourth-order valence-electron chi connectivity index (χ4n) is 1.64. The first kappa shape index (κ1) is 10.1. The summed E-state index contributed by atoms with van der Waals surface area (Å²) < 4.78 is 0. The smallest absolute Gasteiger partial charge is 0.188 e. The van der Waals surface area contributed by atoms with Gasteiger partial charge in [-0.25, -0.2) is 0 Å². The van der Waals surface area contributed by atoms with Gasteiger partial charge in [0, 0.05) is 12.6 Å². The van der Waals surface area contributed by atoms with E-state index >= 15 is 0 Å². The standard InChI is InChI=1S/C10H19N3S/c11-10(13-9-1-2-9)12-7-8-3-5-14-6-4-8/h8-9H,1-7H2,(H3,11,12,13). The van der Waals surface area contributed by atoms with Gasteiger partial charge in [0.05, 0.1) is 0 Å². The van der Waals surface area contributed by atoms with Gasteiger partial charge in [-0.15, -0.1) is 0 Å². The second kappa shape index (κ2) is 4.91. The summed E-state index contributed by atoms with van der Waals surface area (Å²) in [6.45, 7) is 0.923. The van der Waals surface area contributed by atoms with Crippen molar-refractivity contribution in [2.24, 2.45) is 16.6 Å². The SMILES string of the molecule is NC(=NCC1CCSCC1)NC1CC1. The minimum Gasteiger partial charge on any atom is -0.370 e. The molecule has 2 aliphatic rings. The number of nitrogens with two attached hydrogens (primary N) is 1. The highest BCUT2D eigenvalue weighted by molar-refractivity contribution is 7.99. The van der Waals surface area contributed by atoms with Gasteiger partial charge in [0.2, 0.25) is 0 Å². The lowest BCUT2D eigenvalue weighted by molar-refractivity contribution is 0.502. The van der Waals surface area contributed by atoms with Gasteiger partial charge in [-0.2, -0.15) is 11.8 Å². The van der Waals surface area contributed by atoms with Crippen molar-refractivity contribution in [2.45, 2.75) is 31.7 Å². The Hall–Kier alpha value is -0.380. The summed E-state index contributed by atoms with van der Waals surface area (Å²) in [4.78, 5) is 4.40. The first-order valence-electron chi connectivity index (χ1n) is 5.49. The van der Waals surface area contributed by atoms with Gasteiger partial charge >= 0.3 is 0 Å². The molecule has 0 spiro atoms. The molecular formula is C10H19N3S. The van der Waals surface area contributed by atoms with E-state index in [4.69, 9.17) is 5.73 Å². The molecule has 2 rings (SSSR count). The number of guanidine groups is 1. The quantitative estimate of drug-likeness (QED) is 0.547. The van der Waals surface area contributed by atoms with Crippen LogP contribution in [0.15, 0.2) is 4.99 Å². The number of aliphatic imine (C=N–C) groups is 1. The van der Waals surface area contributed by atoms with Crippen LogP contribution in [0.5, 0.6) is 0 Å². The van der Waals surface area contributed by atoms with Gasteiger partial charge in [0.15, 0.2) is 5.96 Å². The zero-order chi connectivity index (χ0) is 9.80. The van der Waals surface area contributed by atoms with E-state index in [0.717, 1.165) is 12.5 Å². The highest BCUT2D eigenvalue weighted by Gasteiger charge is 2.21. The second-order valence-electron chi connectivity index (χ2n) is 4.20. The van der Waals surface area contributed by atoms with Crippen molar-refractivity contribution in [2.75, 3.05) is 18.1 Å². The lowest BCUT2D eigenvalue weighted by Crippen LogP contribution is -2.34. The van der Waals surface area contributed by atoms with E-state index in [9.17, 15) is 0 Å². The van der Waals surface area contributed by atoms with E-state index < -0.39 is 0 Å². The minimum atomic E-state index is 0.626. The van der Waals surface area contributed by atoms with Crippen LogP contribution in [0.1, 0.15) is 25.7 Å². The summed E-state index contributed by atoms with van der Waals surface area (Å²) in [6, 6.07) is 0.626. The van der Waals surface area contributed by atoms with Crippen molar-refractivity contribution in [3.63, 3.8) is 0 Å². The topological polar surface area (TPSA) is 50.4 Å². The molecule has 80 valence electrons. The van der Waals surface area contributed by atoms with Gasteiger partial charge in [0.1, 0.15) is 0 Å². The molecule has 2 fully saturated rings. The van der Waals surface area contributed by atoms with E-state index in [1.165, 1.54) is 37.2 Å². The Labute approximate surface area is 89.9 Å². The van der Waals surface area contributed by atoms with Gasteiger partial charge < -0.3 is 11.1 Å². The third-order valence-corrected chi connectivity index (χ3v) is 3.84. The Morgan fingerprint density at radius 3 is 2.64 bits per heavy atom. The van der Waals surface area contributed by atoms with Crippen LogP contribution in [0, 0.1) is 5.92 Å². The van der Waals surface area contributed by atoms with Crippen molar-refractivity contribution >= 4 is 17.7 Å². The molecule has 1 saturated carbocycles. The molecule has 1 saturated heterocycles. The van der Waals surface area contributed by atoms with E-state index in [0.29, 0.717) is 12.0 Å². The maximum Gasteiger partial charge on any atom is 0.188 e. The van der Waals surface area contributed by atoms with E-state index in [1.807, 2.05) is 0 Å². The number of nitrogens with zero attached hydrogens (tertiary/aromatic N) is 1. The number of hydrogen-bond acceptors (Lipinski definition) is 2. The van der Waals surface area contributed by atoms with Crippen LogP contribution in [-0.4, -0.2) is 30.1 Å². The summed E-state index contributed by atoms with van der Waals surface area (Å²) in [6.07, 6.45) is 5.14. The van der Waals surface area contributed by atoms with Gasteiger partial charge in [-0.05, 0) is 43.1 Å². The number of thioether (sulfide) groups is 1. The lowest BCUT2D eigenvalue weighted by Gasteiger charge is -2.19. The summed E-state index contributed by atoms with van der Waals surface area (Å²) in [5, 5.41) is 3.22. The number of nitrogens with one attached hydrogen (secondary N) is 1. The molecule has 0 bridgehead atoms. The fraction of sp³-hybridized carbons (Fsp3) is 0.900. The Morgan fingerprint density at radius 1 is 1.29 bits per heavy atom. The van der Waals surface area contributed by atoms with Crippen LogP contribution in [0.25, 0.3) is 0 Å². The van der Waals surface area contributed by atoms with Crippen molar-refractivity contribution in [1.82, 2.24) is 5.32 Å². The molecule has 1 heterocycles. The zero-order valence-electron chi connectivity index (χ0n) is 8.54. The molecule has 3 N–H and O–H groups in total. The zero-order valence-corrected chi connectivity index (χ0v) is 9.35. The van der Waals surface area contributed by atoms with Gasteiger partial charge in [-0.1, -0.05) is 0 Å². The van der Waals surface area contributed by atoms with E-state index in [-0.39, 0.29) is 0 Å². The van der Waals surface area contributed by atoms with Gasteiger partial charge in [0.25, 0.3) is 0 Å². The Bertz CT molecular complexity index is 207. The van der Waals surface area contributed by atoms with Crippen molar-refractivity contribution in [3.8, 4) is 0 Å². The fourth-order valence-corrected chi connectivity index (χ4v) is 2.84. The normalized spacial score (nSPS) is 25.0. The lowest BCUT2D eigenvalue weighted by atomic mass is 10.0. The van der Waals surface area contributed by atoms with Crippen molar-refractivity contribution in [3.05, 3.63) is 0 Å². The minimum absolute atomic E-state index is 0.626. The van der Waals surface area contributed by atoms with E-state index in [1.54, 1.807) is 0 Å². The average Bonchev–Trinajstić information content (AvgIpc) is 3.00. The van der Waals surface area contributed by atoms with E-state index in [2.05, 4.69) is 22.1 Å². The molecule has 1 aliphatic carbocycles. The molecule has 4 heteroatoms. The third-order valence-electron chi connectivity index (χ3n) is 2.79. The van der Waals surface area contributed by atoms with Crippen molar-refractivity contribution < 1.29 is 0 Å². The molecule has 1 aliphatic heterocycles. The van der Waals surface area contributed by atoms with Crippen LogP contribution < -0.4 is 11.1 Å². The highest BCUT2D eigenvalue weighted by atomic mass is 32.2. The molecule has 14 heavy (non-hydrogen) atoms. The highest BCUT2D eigenvalue weighted by Crippen LogP contribution is 2.22. The van der Waals surface area contributed by atoms with Crippen LogP contribution >= 0.6 is 11.8 Å². The molecule has 0 atom stereocenters. The monoisotopic (exact) mass is 213 g/mol. The average molecular weight is 213 g/mol. The molecule has 0 amide bonds. The predicted molar refractivity (Wildman–Crippen MR) is 62.7 cm³/mol. The predicted octanol–water partition coefficient (Wildman–Crippen LogP) is 1.20. The Kier molecular flexibility index (Phi) is 3.56. The first-order chi connectivity index (χ1) is 6.84. The molecule has 0 radical (unpaired) electrons. The summed E-state index contributed by atoms with van der Waals surface area (Å²) in [5.74, 6) is 4.04. The maximum atomic E-state index is 5.77. The Balaban J connectivity index is 1.67. The summed E-state index contributed by atoms with van der Waals surface area (Å²) in [7, 11) is 0. The van der Waals surface area contributed by atoms with Crippen LogP contribution in [0.4, 0.5) is 0 Å². The summed E-state index contributed by atoms with van der Waals surface area (Å²) >= 11 is 2.06. The first-order valence-corrected chi connectivity index (χ1v) is 6.64. The third kappa shape index (κ3) is 3.40. The molecule has 3 nitrogen and oxygen atoms in total. The second-order valence-corrected chi connectivity index (χ2v) is 5.43. The molecule has 0 aromatic rings. The Morgan fingerprint density at radius 2 is 2.00 bits per heavy atom. The number of hydrogen-bond donors (Lipinski definition) is 2. The maximum absolute atomic E-state index is 5.77. The molecule has 0 aromatic carbocycles.